The summed E-state index contributed by atoms with van der Waals surface area (Å²) in [4.78, 5) is 15.0. The maximum Gasteiger partial charge on any atom is 0.405 e. The van der Waals surface area contributed by atoms with E-state index in [0.717, 1.165) is 16.5 Å². The van der Waals surface area contributed by atoms with Crippen molar-refractivity contribution in [1.82, 2.24) is 10.3 Å². The van der Waals surface area contributed by atoms with Gasteiger partial charge < -0.3 is 25.4 Å². The van der Waals surface area contributed by atoms with Crippen LogP contribution >= 0.6 is 27.5 Å². The monoisotopic (exact) mass is 495 g/mol. The molecule has 7 nitrogen and oxygen atoms in total. The van der Waals surface area contributed by atoms with Crippen molar-refractivity contribution in [2.24, 2.45) is 5.41 Å². The number of fused-ring (bicyclic) bond motifs is 1. The van der Waals surface area contributed by atoms with E-state index in [1.165, 1.54) is 6.20 Å². The maximum atomic E-state index is 11.9. The Kier molecular flexibility index (Phi) is 6.19. The zero-order chi connectivity index (χ0) is 22.1. The molecule has 1 aromatic carbocycles. The first-order chi connectivity index (χ1) is 14.0. The zero-order valence-electron chi connectivity index (χ0n) is 16.8. The molecule has 0 aliphatic carbocycles. The number of para-hydroxylation sites is 1. The lowest BCUT2D eigenvalue weighted by Gasteiger charge is -2.44. The third-order valence-corrected chi connectivity index (χ3v) is 6.54. The highest BCUT2D eigenvalue weighted by Gasteiger charge is 2.45. The van der Waals surface area contributed by atoms with Crippen LogP contribution in [0.1, 0.15) is 26.3 Å². The van der Waals surface area contributed by atoms with Crippen LogP contribution in [0.5, 0.6) is 5.75 Å². The fraction of sp³-hybridized carbons (Fsp3) is 0.333. The van der Waals surface area contributed by atoms with Crippen LogP contribution in [0.15, 0.2) is 47.2 Å². The van der Waals surface area contributed by atoms with Gasteiger partial charge in [-0.25, -0.2) is 4.79 Å². The lowest BCUT2D eigenvalue weighted by Crippen LogP contribution is -2.62. The summed E-state index contributed by atoms with van der Waals surface area (Å²) in [6.07, 6.45) is 2.34. The van der Waals surface area contributed by atoms with E-state index in [4.69, 9.17) is 16.3 Å². The van der Waals surface area contributed by atoms with Crippen molar-refractivity contribution in [2.75, 3.05) is 6.61 Å². The zero-order valence-corrected chi connectivity index (χ0v) is 19.2. The summed E-state index contributed by atoms with van der Waals surface area (Å²) in [7, 11) is 0. The van der Waals surface area contributed by atoms with Crippen LogP contribution in [0.25, 0.3) is 10.9 Å². The number of ether oxygens (including phenoxy) is 1. The number of carbonyl (C=O) groups is 1. The molecule has 0 saturated heterocycles. The predicted molar refractivity (Wildman–Crippen MR) is 119 cm³/mol. The molecule has 0 fully saturated rings. The van der Waals surface area contributed by atoms with Gasteiger partial charge in [-0.3, -0.25) is 0 Å². The van der Waals surface area contributed by atoms with Crippen LogP contribution in [0.2, 0.25) is 5.15 Å². The number of H-pyrrole nitrogens is 1. The lowest BCUT2D eigenvalue weighted by molar-refractivity contribution is -0.604. The van der Waals surface area contributed by atoms with Gasteiger partial charge in [0.1, 0.15) is 11.1 Å². The summed E-state index contributed by atoms with van der Waals surface area (Å²) >= 11 is 9.11. The number of halogens is 2. The smallest absolute Gasteiger partial charge is 0.405 e. The number of hydrogen-bond acceptors (Lipinski definition) is 3. The predicted octanol–water partition coefficient (Wildman–Crippen LogP) is 4.89. The fourth-order valence-electron chi connectivity index (χ4n) is 3.39. The standard InChI is InChI=1S/C21H23BrClN3O4/c1-20(2,3)21(25-19(27)28,9-13-10-24-17-7-5-4-6-15(13)17)12-30-14-8-16(22)18(23)26(29)11-14/h4-8,10-11,24-25H,9,12H2,1-3H3,(H,27,28)/t21-/m1/s1. The minimum Gasteiger partial charge on any atom is -0.618 e. The molecule has 2 aromatic heterocycles. The molecule has 0 aliphatic rings. The van der Waals surface area contributed by atoms with Crippen molar-refractivity contribution in [3.05, 3.63) is 63.1 Å². The number of carboxylic acid groups (broad SMARTS) is 1. The number of nitrogens with zero attached hydrogens (tertiary/aromatic N) is 1. The Hall–Kier alpha value is -2.45. The Balaban J connectivity index is 1.99. The van der Waals surface area contributed by atoms with Crippen LogP contribution < -0.4 is 14.8 Å². The van der Waals surface area contributed by atoms with Crippen molar-refractivity contribution in [3.63, 3.8) is 0 Å². The Bertz CT molecular complexity index is 1060. The average Bonchev–Trinajstić information content (AvgIpc) is 3.05. The largest absolute Gasteiger partial charge is 0.618 e. The van der Waals surface area contributed by atoms with E-state index in [1.807, 2.05) is 51.2 Å². The highest BCUT2D eigenvalue weighted by Crippen LogP contribution is 2.36. The van der Waals surface area contributed by atoms with E-state index in [9.17, 15) is 15.1 Å². The SMILES string of the molecule is CC(C)(C)[C@](COc1cc(Br)c(Cl)[n+]([O-])c1)(Cc1c[nH]c2ccccc12)NC(=O)O. The van der Waals surface area contributed by atoms with Crippen LogP contribution in [0.4, 0.5) is 4.79 Å². The summed E-state index contributed by atoms with van der Waals surface area (Å²) in [5.74, 6) is 0.279. The average molecular weight is 497 g/mol. The quantitative estimate of drug-likeness (QED) is 0.257. The second-order valence-corrected chi connectivity index (χ2v) is 9.44. The topological polar surface area (TPSA) is 101 Å². The lowest BCUT2D eigenvalue weighted by atomic mass is 9.70. The first-order valence-electron chi connectivity index (χ1n) is 9.29. The van der Waals surface area contributed by atoms with Gasteiger partial charge in [-0.1, -0.05) is 39.0 Å². The molecule has 2 heterocycles. The molecule has 30 heavy (non-hydrogen) atoms. The number of nitrogens with one attached hydrogen (secondary N) is 2. The van der Waals surface area contributed by atoms with E-state index in [0.29, 0.717) is 15.6 Å². The van der Waals surface area contributed by atoms with Crippen LogP contribution in [-0.4, -0.2) is 28.3 Å². The van der Waals surface area contributed by atoms with Crippen molar-refractivity contribution >= 4 is 44.5 Å². The molecule has 0 saturated carbocycles. The van der Waals surface area contributed by atoms with Crippen LogP contribution in [0.3, 0.4) is 0 Å². The molecule has 0 bridgehead atoms. The Labute approximate surface area is 187 Å². The molecule has 3 aromatic rings. The summed E-state index contributed by atoms with van der Waals surface area (Å²) in [5.41, 5.74) is 0.444. The number of rotatable bonds is 6. The Morgan fingerprint density at radius 1 is 1.37 bits per heavy atom. The molecule has 9 heteroatoms. The normalized spacial score (nSPS) is 13.8. The van der Waals surface area contributed by atoms with E-state index in [-0.39, 0.29) is 17.5 Å². The van der Waals surface area contributed by atoms with Crippen LogP contribution in [0, 0.1) is 10.6 Å². The molecule has 3 rings (SSSR count). The van der Waals surface area contributed by atoms with Gasteiger partial charge in [0.2, 0.25) is 6.20 Å². The van der Waals surface area contributed by atoms with E-state index in [1.54, 1.807) is 6.07 Å². The third kappa shape index (κ3) is 4.49. The number of hydrogen-bond donors (Lipinski definition) is 3. The number of amides is 1. The van der Waals surface area contributed by atoms with Crippen molar-refractivity contribution in [2.45, 2.75) is 32.7 Å². The number of aromatic amines is 1. The van der Waals surface area contributed by atoms with Crippen molar-refractivity contribution < 1.29 is 19.4 Å². The first kappa shape index (κ1) is 22.2. The molecular weight excluding hydrogens is 474 g/mol. The summed E-state index contributed by atoms with van der Waals surface area (Å²) in [5, 5.41) is 25.3. The minimum absolute atomic E-state index is 0.00751. The second kappa shape index (κ2) is 8.35. The highest BCUT2D eigenvalue weighted by atomic mass is 79.9. The number of pyridine rings is 1. The molecule has 0 aliphatic heterocycles. The summed E-state index contributed by atoms with van der Waals surface area (Å²) in [6, 6.07) is 9.42. The van der Waals surface area contributed by atoms with Gasteiger partial charge in [0.25, 0.3) is 0 Å². The van der Waals surface area contributed by atoms with Crippen molar-refractivity contribution in [1.29, 1.82) is 0 Å². The minimum atomic E-state index is -1.15. The first-order valence-corrected chi connectivity index (χ1v) is 10.5. The van der Waals surface area contributed by atoms with Gasteiger partial charge in [-0.15, -0.1) is 0 Å². The molecule has 1 atom stereocenters. The molecule has 160 valence electrons. The summed E-state index contributed by atoms with van der Waals surface area (Å²) in [6.45, 7) is 5.86. The summed E-state index contributed by atoms with van der Waals surface area (Å²) < 4.78 is 6.81. The molecule has 3 N–H and O–H groups in total. The fourth-order valence-corrected chi connectivity index (χ4v) is 3.90. The second-order valence-electron chi connectivity index (χ2n) is 8.23. The molecule has 1 amide bonds. The van der Waals surface area contributed by atoms with E-state index in [2.05, 4.69) is 26.2 Å². The Morgan fingerprint density at radius 2 is 2.07 bits per heavy atom. The molecule has 0 spiro atoms. The maximum absolute atomic E-state index is 11.9. The van der Waals surface area contributed by atoms with Crippen molar-refractivity contribution in [3.8, 4) is 5.75 Å². The Morgan fingerprint density at radius 3 is 2.70 bits per heavy atom. The number of benzene rings is 1. The third-order valence-electron chi connectivity index (χ3n) is 5.34. The van der Waals surface area contributed by atoms with Gasteiger partial charge in [-0.2, -0.15) is 4.73 Å². The molecule has 0 unspecified atom stereocenters. The highest BCUT2D eigenvalue weighted by molar-refractivity contribution is 9.10. The number of aromatic nitrogens is 2. The van der Waals surface area contributed by atoms with E-state index >= 15 is 0 Å². The van der Waals surface area contributed by atoms with Crippen LogP contribution in [-0.2, 0) is 6.42 Å². The van der Waals surface area contributed by atoms with Gasteiger partial charge in [0.05, 0.1) is 5.54 Å². The van der Waals surface area contributed by atoms with Gasteiger partial charge >= 0.3 is 11.2 Å². The van der Waals surface area contributed by atoms with Gasteiger partial charge in [-0.05, 0) is 44.6 Å². The van der Waals surface area contributed by atoms with Gasteiger partial charge in [0, 0.05) is 29.6 Å². The van der Waals surface area contributed by atoms with Gasteiger partial charge in [0.15, 0.2) is 5.75 Å². The molecule has 0 radical (unpaired) electrons. The van der Waals surface area contributed by atoms with E-state index < -0.39 is 17.0 Å². The molecular formula is C21H23BrClN3O4.